The Bertz CT molecular complexity index is 477. The van der Waals surface area contributed by atoms with E-state index >= 15 is 0 Å². The first-order chi connectivity index (χ1) is 7.94. The van der Waals surface area contributed by atoms with Gasteiger partial charge in [-0.2, -0.15) is 5.26 Å². The normalized spacial score (nSPS) is 22.5. The lowest BCUT2D eigenvalue weighted by molar-refractivity contribution is 0.503. The smallest absolute Gasteiger partial charge is 0.0675 e. The van der Waals surface area contributed by atoms with Crippen molar-refractivity contribution in [1.29, 1.82) is 5.26 Å². The highest BCUT2D eigenvalue weighted by Crippen LogP contribution is 2.38. The monoisotopic (exact) mass is 268 g/mol. The van der Waals surface area contributed by atoms with Crippen molar-refractivity contribution in [3.8, 4) is 6.07 Å². The van der Waals surface area contributed by atoms with Crippen molar-refractivity contribution in [3.63, 3.8) is 0 Å². The molecule has 2 rings (SSSR count). The summed E-state index contributed by atoms with van der Waals surface area (Å²) in [5, 5.41) is 10.2. The number of benzene rings is 1. The van der Waals surface area contributed by atoms with E-state index in [1.165, 1.54) is 0 Å². The van der Waals surface area contributed by atoms with Gasteiger partial charge in [0.05, 0.1) is 22.0 Å². The Balaban J connectivity index is 2.34. The molecule has 0 aromatic heterocycles. The van der Waals surface area contributed by atoms with Gasteiger partial charge in [0, 0.05) is 17.8 Å². The zero-order chi connectivity index (χ0) is 12.6. The fourth-order valence-electron chi connectivity index (χ4n) is 2.44. The zero-order valence-corrected chi connectivity index (χ0v) is 11.4. The van der Waals surface area contributed by atoms with Gasteiger partial charge >= 0.3 is 0 Å². The van der Waals surface area contributed by atoms with Crippen LogP contribution >= 0.6 is 23.2 Å². The summed E-state index contributed by atoms with van der Waals surface area (Å²) in [7, 11) is 0. The number of halogens is 2. The van der Waals surface area contributed by atoms with Crippen molar-refractivity contribution in [2.24, 2.45) is 5.92 Å². The van der Waals surface area contributed by atoms with Crippen molar-refractivity contribution in [2.75, 3.05) is 11.4 Å². The topological polar surface area (TPSA) is 27.0 Å². The quantitative estimate of drug-likeness (QED) is 0.766. The van der Waals surface area contributed by atoms with Gasteiger partial charge in [0.25, 0.3) is 0 Å². The molecule has 1 saturated heterocycles. The molecule has 1 aromatic carbocycles. The molecular weight excluding hydrogens is 255 g/mol. The summed E-state index contributed by atoms with van der Waals surface area (Å²) in [6, 6.07) is 7.97. The third kappa shape index (κ3) is 2.36. The summed E-state index contributed by atoms with van der Waals surface area (Å²) in [4.78, 5) is 2.23. The van der Waals surface area contributed by atoms with Crippen molar-refractivity contribution in [2.45, 2.75) is 25.8 Å². The predicted molar refractivity (Wildman–Crippen MR) is 71.6 cm³/mol. The molecule has 0 radical (unpaired) electrons. The van der Waals surface area contributed by atoms with Crippen LogP contribution in [0.5, 0.6) is 0 Å². The average molecular weight is 269 g/mol. The Morgan fingerprint density at radius 1 is 1.35 bits per heavy atom. The maximum Gasteiger partial charge on any atom is 0.0675 e. The SMILES string of the molecule is CC1(C)CC(C#N)CN1c1ccc(Cl)c(Cl)c1. The lowest BCUT2D eigenvalue weighted by Crippen LogP contribution is -2.38. The number of anilines is 1. The Labute approximate surface area is 112 Å². The summed E-state index contributed by atoms with van der Waals surface area (Å²) < 4.78 is 0. The molecule has 0 amide bonds. The number of nitriles is 1. The second kappa shape index (κ2) is 4.40. The Morgan fingerprint density at radius 3 is 2.59 bits per heavy atom. The first-order valence-electron chi connectivity index (χ1n) is 5.56. The van der Waals surface area contributed by atoms with E-state index in [1.807, 2.05) is 12.1 Å². The number of hydrogen-bond acceptors (Lipinski definition) is 2. The lowest BCUT2D eigenvalue weighted by Gasteiger charge is -2.33. The van der Waals surface area contributed by atoms with Crippen LogP contribution < -0.4 is 4.90 Å². The van der Waals surface area contributed by atoms with Gasteiger partial charge in [-0.05, 0) is 38.5 Å². The van der Waals surface area contributed by atoms with E-state index in [4.69, 9.17) is 28.5 Å². The molecule has 1 heterocycles. The highest BCUT2D eigenvalue weighted by molar-refractivity contribution is 6.42. The molecule has 0 bridgehead atoms. The Morgan fingerprint density at radius 2 is 2.06 bits per heavy atom. The third-order valence-corrected chi connectivity index (χ3v) is 4.02. The molecule has 4 heteroatoms. The summed E-state index contributed by atoms with van der Waals surface area (Å²) >= 11 is 11.9. The molecule has 17 heavy (non-hydrogen) atoms. The van der Waals surface area contributed by atoms with Crippen LogP contribution in [0.15, 0.2) is 18.2 Å². The van der Waals surface area contributed by atoms with Gasteiger partial charge in [-0.15, -0.1) is 0 Å². The largest absolute Gasteiger partial charge is 0.365 e. The molecule has 1 aliphatic rings. The second-order valence-electron chi connectivity index (χ2n) is 5.05. The predicted octanol–water partition coefficient (Wildman–Crippen LogP) is 4.12. The molecule has 1 atom stereocenters. The molecular formula is C13H14Cl2N2. The van der Waals surface area contributed by atoms with Crippen LogP contribution in [0.2, 0.25) is 10.0 Å². The maximum atomic E-state index is 9.04. The summed E-state index contributed by atoms with van der Waals surface area (Å²) in [6.07, 6.45) is 0.879. The lowest BCUT2D eigenvalue weighted by atomic mass is 9.97. The summed E-state index contributed by atoms with van der Waals surface area (Å²) in [5.41, 5.74) is 1.01. The van der Waals surface area contributed by atoms with E-state index in [1.54, 1.807) is 6.07 Å². The molecule has 1 aromatic rings. The Kier molecular flexibility index (Phi) is 3.25. The van der Waals surface area contributed by atoms with E-state index in [2.05, 4.69) is 24.8 Å². The minimum atomic E-state index is -0.0163. The summed E-state index contributed by atoms with van der Waals surface area (Å²) in [5.74, 6) is 0.0828. The molecule has 0 saturated carbocycles. The van der Waals surface area contributed by atoms with E-state index in [9.17, 15) is 0 Å². The molecule has 1 aliphatic heterocycles. The molecule has 1 fully saturated rings. The molecule has 0 N–H and O–H groups in total. The van der Waals surface area contributed by atoms with Crippen LogP contribution in [0.25, 0.3) is 0 Å². The number of rotatable bonds is 1. The van der Waals surface area contributed by atoms with Crippen LogP contribution in [0.3, 0.4) is 0 Å². The van der Waals surface area contributed by atoms with Gasteiger partial charge in [0.1, 0.15) is 0 Å². The molecule has 0 spiro atoms. The standard InChI is InChI=1S/C13H14Cl2N2/c1-13(2)6-9(7-16)8-17(13)10-3-4-11(14)12(15)5-10/h3-5,9H,6,8H2,1-2H3. The van der Waals surface area contributed by atoms with Crippen LogP contribution in [0.4, 0.5) is 5.69 Å². The van der Waals surface area contributed by atoms with Gasteiger partial charge in [-0.1, -0.05) is 23.2 Å². The first kappa shape index (κ1) is 12.5. The second-order valence-corrected chi connectivity index (χ2v) is 5.87. The van der Waals surface area contributed by atoms with Gasteiger partial charge in [0.15, 0.2) is 0 Å². The highest BCUT2D eigenvalue weighted by atomic mass is 35.5. The van der Waals surface area contributed by atoms with Crippen LogP contribution in [-0.4, -0.2) is 12.1 Å². The van der Waals surface area contributed by atoms with Crippen LogP contribution in [0, 0.1) is 17.2 Å². The van der Waals surface area contributed by atoms with Crippen molar-refractivity contribution in [3.05, 3.63) is 28.2 Å². The maximum absolute atomic E-state index is 9.04. The zero-order valence-electron chi connectivity index (χ0n) is 9.87. The van der Waals surface area contributed by atoms with Gasteiger partial charge in [0.2, 0.25) is 0 Å². The van der Waals surface area contributed by atoms with Gasteiger partial charge in [-0.25, -0.2) is 0 Å². The Hall–Kier alpha value is -0.910. The summed E-state index contributed by atoms with van der Waals surface area (Å²) in [6.45, 7) is 5.04. The first-order valence-corrected chi connectivity index (χ1v) is 6.32. The van der Waals surface area contributed by atoms with Gasteiger partial charge < -0.3 is 4.90 Å². The molecule has 0 aliphatic carbocycles. The molecule has 2 nitrogen and oxygen atoms in total. The van der Waals surface area contributed by atoms with E-state index in [-0.39, 0.29) is 11.5 Å². The third-order valence-electron chi connectivity index (χ3n) is 3.28. The fraction of sp³-hybridized carbons (Fsp3) is 0.462. The highest BCUT2D eigenvalue weighted by Gasteiger charge is 2.38. The average Bonchev–Trinajstić information content (AvgIpc) is 2.58. The van der Waals surface area contributed by atoms with E-state index in [0.29, 0.717) is 10.0 Å². The fourth-order valence-corrected chi connectivity index (χ4v) is 2.73. The van der Waals surface area contributed by atoms with E-state index < -0.39 is 0 Å². The van der Waals surface area contributed by atoms with Crippen LogP contribution in [-0.2, 0) is 0 Å². The van der Waals surface area contributed by atoms with E-state index in [0.717, 1.165) is 18.7 Å². The van der Waals surface area contributed by atoms with Crippen molar-refractivity contribution in [1.82, 2.24) is 0 Å². The number of hydrogen-bond donors (Lipinski definition) is 0. The van der Waals surface area contributed by atoms with Crippen molar-refractivity contribution < 1.29 is 0 Å². The minimum absolute atomic E-state index is 0.0163. The van der Waals surface area contributed by atoms with Crippen LogP contribution in [0.1, 0.15) is 20.3 Å². The van der Waals surface area contributed by atoms with Crippen molar-refractivity contribution >= 4 is 28.9 Å². The minimum Gasteiger partial charge on any atom is -0.365 e. The molecule has 1 unspecified atom stereocenters. The van der Waals surface area contributed by atoms with Gasteiger partial charge in [-0.3, -0.25) is 0 Å². The number of nitrogens with zero attached hydrogens (tertiary/aromatic N) is 2. The molecule has 90 valence electrons.